The van der Waals surface area contributed by atoms with Crippen LogP contribution in [0.25, 0.3) is 0 Å². The lowest BCUT2D eigenvalue weighted by Gasteiger charge is -2.26. The lowest BCUT2D eigenvalue weighted by atomic mass is 10.2. The Morgan fingerprint density at radius 1 is 1.06 bits per heavy atom. The number of rotatable bonds is 6. The van der Waals surface area contributed by atoms with E-state index in [1.54, 1.807) is 24.3 Å². The fourth-order valence-corrected chi connectivity index (χ4v) is 5.09. The Morgan fingerprint density at radius 3 is 2.45 bits per heavy atom. The molecule has 0 saturated carbocycles. The van der Waals surface area contributed by atoms with E-state index in [0.29, 0.717) is 23.8 Å². The van der Waals surface area contributed by atoms with Gasteiger partial charge in [0.1, 0.15) is 0 Å². The minimum Gasteiger partial charge on any atom is -0.449 e. The molecule has 1 saturated heterocycles. The molecule has 1 heterocycles. The van der Waals surface area contributed by atoms with Gasteiger partial charge in [-0.25, -0.2) is 13.2 Å². The fraction of sp³-hybridized carbons (Fsp3) is 0.333. The van der Waals surface area contributed by atoms with Crippen molar-refractivity contribution < 1.29 is 22.7 Å². The lowest BCUT2D eigenvalue weighted by molar-refractivity contribution is -0.123. The number of hydrogen-bond donors (Lipinski definition) is 1. The zero-order chi connectivity index (χ0) is 22.6. The van der Waals surface area contributed by atoms with Crippen LogP contribution >= 0.6 is 23.2 Å². The van der Waals surface area contributed by atoms with Gasteiger partial charge in [0.05, 0.1) is 15.5 Å². The highest BCUT2D eigenvalue weighted by Gasteiger charge is 2.28. The summed E-state index contributed by atoms with van der Waals surface area (Å²) in [7, 11) is -3.75. The SMILES string of the molecule is C[C@H](OC(=O)c1cc(S(=O)(=O)N2CCCCC2)ccc1Cl)C(=O)Nc1cccc(Cl)c1. The van der Waals surface area contributed by atoms with E-state index in [-0.39, 0.29) is 15.5 Å². The molecule has 31 heavy (non-hydrogen) atoms. The Morgan fingerprint density at radius 2 is 1.77 bits per heavy atom. The number of halogens is 2. The number of carbonyl (C=O) groups is 2. The average molecular weight is 485 g/mol. The standard InChI is InChI=1S/C21H22Cl2N2O5S/c1-14(20(26)24-16-7-5-6-15(22)12-16)30-21(27)18-13-17(8-9-19(18)23)31(28,29)25-10-3-2-4-11-25/h5-9,12-14H,2-4,10-11H2,1H3,(H,24,26)/t14-/m0/s1. The third-order valence-electron chi connectivity index (χ3n) is 4.86. The van der Waals surface area contributed by atoms with Crippen LogP contribution in [0.5, 0.6) is 0 Å². The average Bonchev–Trinajstić information content (AvgIpc) is 2.74. The Hall–Kier alpha value is -2.13. The molecule has 3 rings (SSSR count). The van der Waals surface area contributed by atoms with E-state index < -0.39 is 28.0 Å². The molecule has 0 spiro atoms. The summed E-state index contributed by atoms with van der Waals surface area (Å²) in [6.45, 7) is 2.27. The Bertz CT molecular complexity index is 1080. The second-order valence-electron chi connectivity index (χ2n) is 7.15. The third-order valence-corrected chi connectivity index (χ3v) is 7.32. The first-order chi connectivity index (χ1) is 14.7. The molecule has 1 aliphatic rings. The van der Waals surface area contributed by atoms with E-state index in [4.69, 9.17) is 27.9 Å². The van der Waals surface area contributed by atoms with E-state index >= 15 is 0 Å². The minimum atomic E-state index is -3.75. The number of amides is 1. The molecule has 10 heteroatoms. The Balaban J connectivity index is 1.73. The van der Waals surface area contributed by atoms with Crippen LogP contribution in [0.3, 0.4) is 0 Å². The number of hydrogen-bond acceptors (Lipinski definition) is 5. The molecule has 7 nitrogen and oxygen atoms in total. The number of carbonyl (C=O) groups excluding carboxylic acids is 2. The summed E-state index contributed by atoms with van der Waals surface area (Å²) in [4.78, 5) is 24.9. The van der Waals surface area contributed by atoms with E-state index in [1.165, 1.54) is 29.4 Å². The molecule has 2 aromatic carbocycles. The van der Waals surface area contributed by atoms with Crippen LogP contribution in [0.2, 0.25) is 10.0 Å². The van der Waals surface area contributed by atoms with Crippen LogP contribution in [0, 0.1) is 0 Å². The fourth-order valence-electron chi connectivity index (χ4n) is 3.16. The maximum atomic E-state index is 12.9. The van der Waals surface area contributed by atoms with Crippen molar-refractivity contribution in [1.29, 1.82) is 0 Å². The van der Waals surface area contributed by atoms with Gasteiger partial charge in [-0.2, -0.15) is 4.31 Å². The maximum Gasteiger partial charge on any atom is 0.340 e. The quantitative estimate of drug-likeness (QED) is 0.615. The van der Waals surface area contributed by atoms with E-state index in [2.05, 4.69) is 5.32 Å². The van der Waals surface area contributed by atoms with Gasteiger partial charge in [-0.1, -0.05) is 35.7 Å². The molecule has 1 atom stereocenters. The van der Waals surface area contributed by atoms with E-state index in [0.717, 1.165) is 19.3 Å². The first-order valence-electron chi connectivity index (χ1n) is 9.75. The number of nitrogens with zero attached hydrogens (tertiary/aromatic N) is 1. The molecule has 1 fully saturated rings. The summed E-state index contributed by atoms with van der Waals surface area (Å²) in [5.74, 6) is -1.46. The molecular weight excluding hydrogens is 463 g/mol. The van der Waals surface area contributed by atoms with Crippen LogP contribution in [0.1, 0.15) is 36.5 Å². The summed E-state index contributed by atoms with van der Waals surface area (Å²) >= 11 is 12.0. The highest BCUT2D eigenvalue weighted by atomic mass is 35.5. The molecular formula is C21H22Cl2N2O5S. The molecule has 1 N–H and O–H groups in total. The van der Waals surface area contributed by atoms with Gasteiger partial charge in [-0.15, -0.1) is 0 Å². The van der Waals surface area contributed by atoms with Crippen LogP contribution < -0.4 is 5.32 Å². The molecule has 0 aliphatic carbocycles. The number of sulfonamides is 1. The van der Waals surface area contributed by atoms with Crippen LogP contribution in [-0.4, -0.2) is 43.8 Å². The van der Waals surface area contributed by atoms with Crippen molar-refractivity contribution in [3.63, 3.8) is 0 Å². The minimum absolute atomic E-state index is 0.0324. The Kier molecular flexibility index (Phi) is 7.59. The van der Waals surface area contributed by atoms with Gasteiger partial charge in [-0.3, -0.25) is 4.79 Å². The van der Waals surface area contributed by atoms with Crippen LogP contribution in [0.15, 0.2) is 47.4 Å². The molecule has 0 bridgehead atoms. The monoisotopic (exact) mass is 484 g/mol. The lowest BCUT2D eigenvalue weighted by Crippen LogP contribution is -2.35. The first kappa shape index (κ1) is 23.5. The van der Waals surface area contributed by atoms with E-state index in [9.17, 15) is 18.0 Å². The van der Waals surface area contributed by atoms with Crippen molar-refractivity contribution >= 4 is 50.8 Å². The number of esters is 1. The normalized spacial score (nSPS) is 15.8. The van der Waals surface area contributed by atoms with E-state index in [1.807, 2.05) is 0 Å². The molecule has 166 valence electrons. The predicted octanol–water partition coefficient (Wildman–Crippen LogP) is 4.35. The van der Waals surface area contributed by atoms with Gasteiger partial charge in [0.15, 0.2) is 6.10 Å². The van der Waals surface area contributed by atoms with Crippen molar-refractivity contribution in [2.45, 2.75) is 37.2 Å². The Labute approximate surface area is 191 Å². The van der Waals surface area contributed by atoms with Crippen molar-refractivity contribution in [2.24, 2.45) is 0 Å². The van der Waals surface area contributed by atoms with Crippen LogP contribution in [-0.2, 0) is 19.6 Å². The van der Waals surface area contributed by atoms with Crippen molar-refractivity contribution in [2.75, 3.05) is 18.4 Å². The smallest absolute Gasteiger partial charge is 0.340 e. The molecule has 0 radical (unpaired) electrons. The largest absolute Gasteiger partial charge is 0.449 e. The summed E-state index contributed by atoms with van der Waals surface area (Å²) in [6.07, 6.45) is 1.42. The highest BCUT2D eigenvalue weighted by Crippen LogP contribution is 2.26. The summed E-state index contributed by atoms with van der Waals surface area (Å²) in [5.41, 5.74) is 0.329. The van der Waals surface area contributed by atoms with Gasteiger partial charge < -0.3 is 10.1 Å². The maximum absolute atomic E-state index is 12.9. The van der Waals surface area contributed by atoms with Gasteiger partial charge in [0.25, 0.3) is 5.91 Å². The molecule has 1 aliphatic heterocycles. The van der Waals surface area contributed by atoms with Gasteiger partial charge in [0, 0.05) is 23.8 Å². The zero-order valence-corrected chi connectivity index (χ0v) is 19.1. The van der Waals surface area contributed by atoms with Gasteiger partial charge in [-0.05, 0) is 56.2 Å². The van der Waals surface area contributed by atoms with Gasteiger partial charge in [0.2, 0.25) is 10.0 Å². The summed E-state index contributed by atoms with van der Waals surface area (Å²) in [6, 6.07) is 10.4. The number of benzene rings is 2. The van der Waals surface area contributed by atoms with Crippen molar-refractivity contribution in [3.05, 3.63) is 58.1 Å². The number of nitrogens with one attached hydrogen (secondary N) is 1. The second-order valence-corrected chi connectivity index (χ2v) is 9.94. The summed E-state index contributed by atoms with van der Waals surface area (Å²) < 4.78 is 32.4. The topological polar surface area (TPSA) is 92.8 Å². The predicted molar refractivity (Wildman–Crippen MR) is 119 cm³/mol. The van der Waals surface area contributed by atoms with Crippen LogP contribution in [0.4, 0.5) is 5.69 Å². The second kappa shape index (κ2) is 9.99. The molecule has 1 amide bonds. The molecule has 0 aromatic heterocycles. The highest BCUT2D eigenvalue weighted by molar-refractivity contribution is 7.89. The summed E-state index contributed by atoms with van der Waals surface area (Å²) in [5, 5.41) is 3.07. The van der Waals surface area contributed by atoms with Gasteiger partial charge >= 0.3 is 5.97 Å². The molecule has 0 unspecified atom stereocenters. The zero-order valence-electron chi connectivity index (χ0n) is 16.8. The third kappa shape index (κ3) is 5.77. The first-order valence-corrected chi connectivity index (χ1v) is 11.9. The molecule has 2 aromatic rings. The number of ether oxygens (including phenoxy) is 1. The van der Waals surface area contributed by atoms with Crippen molar-refractivity contribution in [3.8, 4) is 0 Å². The number of piperidine rings is 1. The van der Waals surface area contributed by atoms with Crippen molar-refractivity contribution in [1.82, 2.24) is 4.31 Å². The number of anilines is 1.